The molecule has 7 heteroatoms. The molecule has 1 N–H and O–H groups in total. The summed E-state index contributed by atoms with van der Waals surface area (Å²) in [4.78, 5) is 24.5. The monoisotopic (exact) mass is 304 g/mol. The predicted molar refractivity (Wildman–Crippen MR) is 72.0 cm³/mol. The Balaban J connectivity index is 2.09. The van der Waals surface area contributed by atoms with Crippen LogP contribution in [0, 0.1) is 5.41 Å². The fourth-order valence-electron chi connectivity index (χ4n) is 2.93. The van der Waals surface area contributed by atoms with E-state index in [4.69, 9.17) is 4.74 Å². The van der Waals surface area contributed by atoms with E-state index in [1.165, 1.54) is 0 Å². The average Bonchev–Trinajstić information content (AvgIpc) is 2.30. The molecular weight excluding hydrogens is 282 g/mol. The highest BCUT2D eigenvalue weighted by molar-refractivity contribution is 5.78. The fraction of sp³-hybridized carbons (Fsp3) is 0.857. The van der Waals surface area contributed by atoms with Crippen LogP contribution in [0.2, 0.25) is 0 Å². The number of halogens is 2. The van der Waals surface area contributed by atoms with Gasteiger partial charge in [-0.25, -0.2) is 13.6 Å². The molecule has 2 fully saturated rings. The number of alkyl halides is 2. The number of hydrogen-bond acceptors (Lipinski definition) is 3. The van der Waals surface area contributed by atoms with Crippen molar-refractivity contribution in [2.45, 2.75) is 51.6 Å². The maximum absolute atomic E-state index is 14.5. The summed E-state index contributed by atoms with van der Waals surface area (Å²) in [5.74, 6) is -3.42. The van der Waals surface area contributed by atoms with Crippen LogP contribution in [0.4, 0.5) is 13.6 Å². The van der Waals surface area contributed by atoms with E-state index in [1.54, 1.807) is 20.8 Å². The zero-order chi connectivity index (χ0) is 15.9. The molecule has 0 aliphatic carbocycles. The number of hydrogen-bond donors (Lipinski definition) is 1. The standard InChI is InChI=1S/C14H22F2N2O3/c1-12(2,3)21-11(20)18-7-5-13(14(15,16)9-18)4-6-17-10(19)8-13/h4-9H2,1-3H3,(H,17,19). The lowest BCUT2D eigenvalue weighted by Crippen LogP contribution is -2.61. The predicted octanol–water partition coefficient (Wildman–Crippen LogP) is 2.16. The molecule has 0 bridgehead atoms. The summed E-state index contributed by atoms with van der Waals surface area (Å²) in [5, 5.41) is 2.58. The van der Waals surface area contributed by atoms with Gasteiger partial charge in [-0.2, -0.15) is 0 Å². The van der Waals surface area contributed by atoms with Gasteiger partial charge in [0.15, 0.2) is 0 Å². The van der Waals surface area contributed by atoms with Crippen molar-refractivity contribution < 1.29 is 23.1 Å². The molecule has 2 rings (SSSR count). The third-order valence-corrected chi connectivity index (χ3v) is 4.10. The first-order chi connectivity index (χ1) is 9.55. The lowest BCUT2D eigenvalue weighted by Gasteiger charge is -2.48. The highest BCUT2D eigenvalue weighted by Crippen LogP contribution is 2.50. The number of carbonyl (C=O) groups excluding carboxylic acids is 2. The summed E-state index contributed by atoms with van der Waals surface area (Å²) >= 11 is 0. The van der Waals surface area contributed by atoms with Crippen LogP contribution in [0.15, 0.2) is 0 Å². The van der Waals surface area contributed by atoms with Crippen molar-refractivity contribution in [2.75, 3.05) is 19.6 Å². The Kier molecular flexibility index (Phi) is 3.88. The van der Waals surface area contributed by atoms with Gasteiger partial charge >= 0.3 is 6.09 Å². The van der Waals surface area contributed by atoms with Crippen LogP contribution in [0.25, 0.3) is 0 Å². The number of likely N-dealkylation sites (tertiary alicyclic amines) is 1. The highest BCUT2D eigenvalue weighted by atomic mass is 19.3. The van der Waals surface area contributed by atoms with E-state index in [2.05, 4.69) is 5.32 Å². The normalized spacial score (nSPS) is 29.2. The van der Waals surface area contributed by atoms with E-state index in [0.29, 0.717) is 0 Å². The summed E-state index contributed by atoms with van der Waals surface area (Å²) in [6.07, 6.45) is -0.541. The quantitative estimate of drug-likeness (QED) is 0.746. The number of rotatable bonds is 0. The molecule has 0 aromatic carbocycles. The van der Waals surface area contributed by atoms with Gasteiger partial charge in [-0.05, 0) is 33.6 Å². The van der Waals surface area contributed by atoms with Gasteiger partial charge in [0.05, 0.1) is 6.54 Å². The summed E-state index contributed by atoms with van der Waals surface area (Å²) in [7, 11) is 0. The largest absolute Gasteiger partial charge is 0.444 e. The van der Waals surface area contributed by atoms with Crippen molar-refractivity contribution in [3.8, 4) is 0 Å². The molecule has 1 spiro atoms. The van der Waals surface area contributed by atoms with Crippen LogP contribution in [-0.2, 0) is 9.53 Å². The molecule has 120 valence electrons. The molecule has 0 aromatic heterocycles. The molecule has 5 nitrogen and oxygen atoms in total. The van der Waals surface area contributed by atoms with Gasteiger partial charge < -0.3 is 15.0 Å². The van der Waals surface area contributed by atoms with E-state index in [9.17, 15) is 18.4 Å². The van der Waals surface area contributed by atoms with E-state index >= 15 is 0 Å². The van der Waals surface area contributed by atoms with Crippen LogP contribution in [0.5, 0.6) is 0 Å². The van der Waals surface area contributed by atoms with E-state index in [-0.39, 0.29) is 38.3 Å². The van der Waals surface area contributed by atoms with E-state index in [1.807, 2.05) is 0 Å². The highest BCUT2D eigenvalue weighted by Gasteiger charge is 2.59. The first-order valence-electron chi connectivity index (χ1n) is 7.17. The number of amides is 2. The number of carbonyl (C=O) groups is 2. The lowest BCUT2D eigenvalue weighted by atomic mass is 9.68. The third kappa shape index (κ3) is 3.27. The second-order valence-electron chi connectivity index (χ2n) is 6.91. The van der Waals surface area contributed by atoms with Crippen molar-refractivity contribution in [3.63, 3.8) is 0 Å². The van der Waals surface area contributed by atoms with Gasteiger partial charge in [0.1, 0.15) is 5.60 Å². The van der Waals surface area contributed by atoms with Crippen LogP contribution < -0.4 is 5.32 Å². The Morgan fingerprint density at radius 1 is 1.33 bits per heavy atom. The Morgan fingerprint density at radius 3 is 2.52 bits per heavy atom. The molecule has 0 radical (unpaired) electrons. The minimum Gasteiger partial charge on any atom is -0.444 e. The molecule has 2 aliphatic heterocycles. The summed E-state index contributed by atoms with van der Waals surface area (Å²) in [6, 6.07) is 0. The number of nitrogens with one attached hydrogen (secondary N) is 1. The Labute approximate surface area is 123 Å². The van der Waals surface area contributed by atoms with Gasteiger partial charge in [-0.3, -0.25) is 4.79 Å². The average molecular weight is 304 g/mol. The summed E-state index contributed by atoms with van der Waals surface area (Å²) < 4.78 is 34.2. The third-order valence-electron chi connectivity index (χ3n) is 4.10. The second kappa shape index (κ2) is 5.10. The minimum absolute atomic E-state index is 0.118. The molecule has 0 aromatic rings. The second-order valence-corrected chi connectivity index (χ2v) is 6.91. The van der Waals surface area contributed by atoms with Crippen LogP contribution in [0.3, 0.4) is 0 Å². The SMILES string of the molecule is CC(C)(C)OC(=O)N1CCC2(CCNC(=O)C2)C(F)(F)C1. The number of nitrogens with zero attached hydrogens (tertiary/aromatic N) is 1. The van der Waals surface area contributed by atoms with Crippen molar-refractivity contribution in [1.82, 2.24) is 10.2 Å². The van der Waals surface area contributed by atoms with E-state index in [0.717, 1.165) is 4.90 Å². The zero-order valence-corrected chi connectivity index (χ0v) is 12.7. The molecule has 1 unspecified atom stereocenters. The molecule has 2 amide bonds. The smallest absolute Gasteiger partial charge is 0.410 e. The van der Waals surface area contributed by atoms with Crippen LogP contribution in [-0.4, -0.2) is 48.1 Å². The van der Waals surface area contributed by atoms with Crippen molar-refractivity contribution in [3.05, 3.63) is 0 Å². The zero-order valence-electron chi connectivity index (χ0n) is 12.7. The van der Waals surface area contributed by atoms with Crippen molar-refractivity contribution in [1.29, 1.82) is 0 Å². The van der Waals surface area contributed by atoms with Gasteiger partial charge in [-0.1, -0.05) is 0 Å². The summed E-state index contributed by atoms with van der Waals surface area (Å²) in [5.41, 5.74) is -2.04. The lowest BCUT2D eigenvalue weighted by molar-refractivity contribution is -0.181. The van der Waals surface area contributed by atoms with Crippen molar-refractivity contribution >= 4 is 12.0 Å². The first kappa shape index (κ1) is 16.0. The van der Waals surface area contributed by atoms with Crippen LogP contribution >= 0.6 is 0 Å². The van der Waals surface area contributed by atoms with Gasteiger partial charge in [-0.15, -0.1) is 0 Å². The van der Waals surface area contributed by atoms with Gasteiger partial charge in [0.2, 0.25) is 5.91 Å². The molecule has 2 heterocycles. The van der Waals surface area contributed by atoms with Crippen molar-refractivity contribution in [2.24, 2.45) is 5.41 Å². The fourth-order valence-corrected chi connectivity index (χ4v) is 2.93. The minimum atomic E-state index is -3.08. The van der Waals surface area contributed by atoms with E-state index < -0.39 is 29.6 Å². The molecule has 21 heavy (non-hydrogen) atoms. The van der Waals surface area contributed by atoms with Gasteiger partial charge in [0.25, 0.3) is 5.92 Å². The molecule has 2 saturated heterocycles. The summed E-state index contributed by atoms with van der Waals surface area (Å²) in [6.45, 7) is 4.85. The first-order valence-corrected chi connectivity index (χ1v) is 7.17. The number of ether oxygens (including phenoxy) is 1. The molecule has 1 atom stereocenters. The topological polar surface area (TPSA) is 58.6 Å². The van der Waals surface area contributed by atoms with Crippen LogP contribution in [0.1, 0.15) is 40.0 Å². The molecule has 0 saturated carbocycles. The molecule has 2 aliphatic rings. The Bertz CT molecular complexity index is 448. The maximum Gasteiger partial charge on any atom is 0.410 e. The molecular formula is C14H22F2N2O3. The maximum atomic E-state index is 14.5. The van der Waals surface area contributed by atoms with Gasteiger partial charge in [0, 0.05) is 24.9 Å². The Hall–Kier alpha value is -1.40. The Morgan fingerprint density at radius 2 is 2.00 bits per heavy atom. The number of piperidine rings is 2.